The summed E-state index contributed by atoms with van der Waals surface area (Å²) in [5, 5.41) is 2.74. The molecule has 0 aliphatic heterocycles. The predicted molar refractivity (Wildman–Crippen MR) is 49.8 cm³/mol. The molecule has 0 saturated heterocycles. The molecule has 1 unspecified atom stereocenters. The van der Waals surface area contributed by atoms with Gasteiger partial charge in [0, 0.05) is 6.42 Å². The Labute approximate surface area is 72.3 Å². The van der Waals surface area contributed by atoms with Crippen molar-refractivity contribution in [3.63, 3.8) is 0 Å². The Kier molecular flexibility index (Phi) is 4.90. The summed E-state index contributed by atoms with van der Waals surface area (Å²) in [6.45, 7) is 5.60. The SMILES string of the molecule is C=C(C)CC(N)=NC(Cl)NC. The van der Waals surface area contributed by atoms with E-state index in [4.69, 9.17) is 17.3 Å². The third-order valence-corrected chi connectivity index (χ3v) is 1.32. The molecular formula is C7H14ClN3. The molecule has 64 valence electrons. The molecule has 3 nitrogen and oxygen atoms in total. The average molecular weight is 176 g/mol. The molecule has 0 rings (SSSR count). The number of rotatable bonds is 4. The van der Waals surface area contributed by atoms with Crippen LogP contribution in [-0.4, -0.2) is 18.5 Å². The highest BCUT2D eigenvalue weighted by Crippen LogP contribution is 1.98. The van der Waals surface area contributed by atoms with Gasteiger partial charge >= 0.3 is 0 Å². The van der Waals surface area contributed by atoms with Gasteiger partial charge in [-0.25, -0.2) is 4.99 Å². The fourth-order valence-corrected chi connectivity index (χ4v) is 0.690. The number of nitrogens with two attached hydrogens (primary N) is 1. The number of amidine groups is 1. The number of hydrogen-bond donors (Lipinski definition) is 2. The molecule has 0 fully saturated rings. The molecule has 11 heavy (non-hydrogen) atoms. The number of nitrogens with one attached hydrogen (secondary N) is 1. The summed E-state index contributed by atoms with van der Waals surface area (Å²) in [6, 6.07) is 0. The molecule has 0 spiro atoms. The van der Waals surface area contributed by atoms with E-state index in [1.807, 2.05) is 6.92 Å². The van der Waals surface area contributed by atoms with Gasteiger partial charge in [-0.05, 0) is 14.0 Å². The van der Waals surface area contributed by atoms with Crippen LogP contribution in [0.15, 0.2) is 17.1 Å². The summed E-state index contributed by atoms with van der Waals surface area (Å²) >= 11 is 5.64. The van der Waals surface area contributed by atoms with Gasteiger partial charge in [0.05, 0.1) is 0 Å². The summed E-state index contributed by atoms with van der Waals surface area (Å²) < 4.78 is 0. The number of halogens is 1. The normalized spacial score (nSPS) is 14.6. The Morgan fingerprint density at radius 1 is 1.82 bits per heavy atom. The number of nitrogens with zero attached hydrogens (tertiary/aromatic N) is 1. The fraction of sp³-hybridized carbons (Fsp3) is 0.571. The first-order valence-corrected chi connectivity index (χ1v) is 3.77. The lowest BCUT2D eigenvalue weighted by molar-refractivity contribution is 0.763. The Hall–Kier alpha value is -0.540. The van der Waals surface area contributed by atoms with E-state index in [1.165, 1.54) is 0 Å². The zero-order chi connectivity index (χ0) is 8.85. The van der Waals surface area contributed by atoms with E-state index in [-0.39, 0.29) is 0 Å². The zero-order valence-electron chi connectivity index (χ0n) is 6.89. The molecule has 0 bridgehead atoms. The largest absolute Gasteiger partial charge is 0.387 e. The van der Waals surface area contributed by atoms with Crippen molar-refractivity contribution in [2.45, 2.75) is 19.0 Å². The topological polar surface area (TPSA) is 50.4 Å². The van der Waals surface area contributed by atoms with Gasteiger partial charge in [0.15, 0.2) is 5.62 Å². The maximum absolute atomic E-state index is 5.64. The van der Waals surface area contributed by atoms with E-state index in [9.17, 15) is 0 Å². The zero-order valence-corrected chi connectivity index (χ0v) is 7.65. The van der Waals surface area contributed by atoms with Crippen LogP contribution in [-0.2, 0) is 0 Å². The van der Waals surface area contributed by atoms with E-state index < -0.39 is 5.62 Å². The van der Waals surface area contributed by atoms with Crippen molar-refractivity contribution in [1.82, 2.24) is 5.32 Å². The minimum Gasteiger partial charge on any atom is -0.387 e. The second kappa shape index (κ2) is 5.16. The predicted octanol–water partition coefficient (Wildman–Crippen LogP) is 1.05. The lowest BCUT2D eigenvalue weighted by atomic mass is 10.2. The van der Waals surface area contributed by atoms with Crippen molar-refractivity contribution in [3.8, 4) is 0 Å². The summed E-state index contributed by atoms with van der Waals surface area (Å²) in [5.41, 5.74) is 6.06. The van der Waals surface area contributed by atoms with Gasteiger partial charge in [-0.3, -0.25) is 5.32 Å². The van der Waals surface area contributed by atoms with Crippen LogP contribution in [0.2, 0.25) is 0 Å². The van der Waals surface area contributed by atoms with Crippen LogP contribution in [0.5, 0.6) is 0 Å². The average Bonchev–Trinajstić information content (AvgIpc) is 1.85. The molecule has 0 heterocycles. The van der Waals surface area contributed by atoms with Crippen molar-refractivity contribution in [3.05, 3.63) is 12.2 Å². The first-order chi connectivity index (χ1) is 5.06. The Balaban J connectivity index is 3.89. The number of alkyl halides is 1. The van der Waals surface area contributed by atoms with Crippen molar-refractivity contribution < 1.29 is 0 Å². The summed E-state index contributed by atoms with van der Waals surface area (Å²) in [5.74, 6) is 0.506. The first kappa shape index (κ1) is 10.5. The smallest absolute Gasteiger partial charge is 0.177 e. The van der Waals surface area contributed by atoms with Crippen LogP contribution in [0, 0.1) is 0 Å². The molecular weight excluding hydrogens is 162 g/mol. The van der Waals surface area contributed by atoms with Gasteiger partial charge in [0.25, 0.3) is 0 Å². The Morgan fingerprint density at radius 3 is 2.73 bits per heavy atom. The molecule has 0 saturated carbocycles. The molecule has 4 heteroatoms. The first-order valence-electron chi connectivity index (χ1n) is 3.34. The standard InChI is InChI=1S/C7H14ClN3/c1-5(2)4-6(9)11-7(8)10-3/h7,10H,1,4H2,2-3H3,(H2,9,11). The van der Waals surface area contributed by atoms with E-state index in [1.54, 1.807) is 7.05 Å². The summed E-state index contributed by atoms with van der Waals surface area (Å²) in [7, 11) is 1.72. The van der Waals surface area contributed by atoms with Crippen LogP contribution in [0.3, 0.4) is 0 Å². The molecule has 0 amide bonds. The lowest BCUT2D eigenvalue weighted by Crippen LogP contribution is -2.22. The van der Waals surface area contributed by atoms with Crippen molar-refractivity contribution >= 4 is 17.4 Å². The second-order valence-corrected chi connectivity index (χ2v) is 2.79. The molecule has 0 aliphatic rings. The minimum atomic E-state index is -0.436. The van der Waals surface area contributed by atoms with Gasteiger partial charge < -0.3 is 5.73 Å². The van der Waals surface area contributed by atoms with Crippen LogP contribution < -0.4 is 11.1 Å². The quantitative estimate of drug-likeness (QED) is 0.221. The highest BCUT2D eigenvalue weighted by Gasteiger charge is 1.98. The van der Waals surface area contributed by atoms with E-state index in [0.29, 0.717) is 12.3 Å². The maximum atomic E-state index is 5.64. The van der Waals surface area contributed by atoms with Crippen molar-refractivity contribution in [2.75, 3.05) is 7.05 Å². The summed E-state index contributed by atoms with van der Waals surface area (Å²) in [4.78, 5) is 3.92. The van der Waals surface area contributed by atoms with Gasteiger partial charge in [-0.2, -0.15) is 0 Å². The van der Waals surface area contributed by atoms with Gasteiger partial charge in [-0.15, -0.1) is 0 Å². The van der Waals surface area contributed by atoms with E-state index in [2.05, 4.69) is 16.9 Å². The molecule has 0 aromatic carbocycles. The minimum absolute atomic E-state index is 0.436. The molecule has 1 atom stereocenters. The number of hydrogen-bond acceptors (Lipinski definition) is 2. The Bertz CT molecular complexity index is 165. The fourth-order valence-electron chi connectivity index (χ4n) is 0.565. The lowest BCUT2D eigenvalue weighted by Gasteiger charge is -2.04. The maximum Gasteiger partial charge on any atom is 0.177 e. The van der Waals surface area contributed by atoms with Crippen LogP contribution in [0.25, 0.3) is 0 Å². The molecule has 3 N–H and O–H groups in total. The third kappa shape index (κ3) is 5.88. The van der Waals surface area contributed by atoms with Crippen LogP contribution in [0.4, 0.5) is 0 Å². The van der Waals surface area contributed by atoms with Crippen LogP contribution >= 0.6 is 11.6 Å². The summed E-state index contributed by atoms with van der Waals surface area (Å²) in [6.07, 6.45) is 0.602. The van der Waals surface area contributed by atoms with Crippen molar-refractivity contribution in [2.24, 2.45) is 10.7 Å². The highest BCUT2D eigenvalue weighted by molar-refractivity contribution is 6.20. The van der Waals surface area contributed by atoms with Crippen molar-refractivity contribution in [1.29, 1.82) is 0 Å². The molecule has 0 aromatic heterocycles. The molecule has 0 radical (unpaired) electrons. The van der Waals surface area contributed by atoms with E-state index in [0.717, 1.165) is 5.57 Å². The number of aliphatic imine (C=N–C) groups is 1. The highest BCUT2D eigenvalue weighted by atomic mass is 35.5. The van der Waals surface area contributed by atoms with Crippen LogP contribution in [0.1, 0.15) is 13.3 Å². The molecule has 0 aliphatic carbocycles. The third-order valence-electron chi connectivity index (χ3n) is 1.00. The van der Waals surface area contributed by atoms with E-state index >= 15 is 0 Å². The second-order valence-electron chi connectivity index (χ2n) is 2.38. The molecule has 0 aromatic rings. The van der Waals surface area contributed by atoms with Gasteiger partial charge in [0.2, 0.25) is 0 Å². The Morgan fingerprint density at radius 2 is 2.36 bits per heavy atom. The van der Waals surface area contributed by atoms with Gasteiger partial charge in [0.1, 0.15) is 5.84 Å². The van der Waals surface area contributed by atoms with Gasteiger partial charge in [-0.1, -0.05) is 23.8 Å². The monoisotopic (exact) mass is 175 g/mol.